The maximum absolute atomic E-state index is 13.1. The number of aromatic nitrogens is 1. The zero-order valence-electron chi connectivity index (χ0n) is 10.6. The summed E-state index contributed by atoms with van der Waals surface area (Å²) in [5.74, 6) is -1.57. The Kier molecular flexibility index (Phi) is 2.84. The predicted molar refractivity (Wildman–Crippen MR) is 64.4 cm³/mol. The molecule has 0 spiro atoms. The average Bonchev–Trinajstić information content (AvgIpc) is 2.50. The number of benzene rings is 1. The summed E-state index contributed by atoms with van der Waals surface area (Å²) in [6, 6.07) is 3.20. The van der Waals surface area contributed by atoms with Crippen molar-refractivity contribution in [1.82, 2.24) is 4.57 Å². The van der Waals surface area contributed by atoms with Gasteiger partial charge in [0, 0.05) is 12.4 Å². The zero-order valence-corrected chi connectivity index (χ0v) is 10.6. The standard InChI is InChI=1S/C13H12F3NO2/c1-6-4-7(2)10-8(5-6)9(12(18)19)11(17(10)3)13(14,15)16/h4-5H,1-3H3,(H,18,19). The molecule has 0 bridgehead atoms. The van der Waals surface area contributed by atoms with Gasteiger partial charge in [0.2, 0.25) is 0 Å². The second-order valence-corrected chi connectivity index (χ2v) is 4.56. The first-order valence-electron chi connectivity index (χ1n) is 5.54. The molecule has 1 aromatic heterocycles. The second kappa shape index (κ2) is 4.01. The summed E-state index contributed by atoms with van der Waals surface area (Å²) in [5.41, 5.74) is -0.154. The van der Waals surface area contributed by atoms with Crippen LogP contribution >= 0.6 is 0 Å². The third kappa shape index (κ3) is 1.97. The lowest BCUT2D eigenvalue weighted by Gasteiger charge is -2.09. The van der Waals surface area contributed by atoms with E-state index in [0.29, 0.717) is 11.1 Å². The average molecular weight is 271 g/mol. The van der Waals surface area contributed by atoms with Crippen LogP contribution in [0.15, 0.2) is 12.1 Å². The monoisotopic (exact) mass is 271 g/mol. The van der Waals surface area contributed by atoms with Gasteiger partial charge in [0.05, 0.1) is 11.1 Å². The molecule has 2 aromatic rings. The van der Waals surface area contributed by atoms with Crippen molar-refractivity contribution in [1.29, 1.82) is 0 Å². The Morgan fingerprint density at radius 2 is 1.84 bits per heavy atom. The van der Waals surface area contributed by atoms with Gasteiger partial charge in [0.1, 0.15) is 5.69 Å². The van der Waals surface area contributed by atoms with Crippen LogP contribution in [0, 0.1) is 13.8 Å². The highest BCUT2D eigenvalue weighted by Gasteiger charge is 2.40. The Bertz CT molecular complexity index is 683. The summed E-state index contributed by atoms with van der Waals surface area (Å²) in [6.07, 6.45) is -4.71. The van der Waals surface area contributed by atoms with Gasteiger partial charge in [-0.2, -0.15) is 13.2 Å². The summed E-state index contributed by atoms with van der Waals surface area (Å²) in [6.45, 7) is 3.39. The summed E-state index contributed by atoms with van der Waals surface area (Å²) in [7, 11) is 1.24. The van der Waals surface area contributed by atoms with Crippen LogP contribution in [0.1, 0.15) is 27.2 Å². The topological polar surface area (TPSA) is 42.2 Å². The molecule has 0 aliphatic carbocycles. The lowest BCUT2D eigenvalue weighted by Crippen LogP contribution is -2.15. The Morgan fingerprint density at radius 1 is 1.26 bits per heavy atom. The fraction of sp³-hybridized carbons (Fsp3) is 0.308. The maximum atomic E-state index is 13.1. The first-order valence-corrected chi connectivity index (χ1v) is 5.54. The summed E-state index contributed by atoms with van der Waals surface area (Å²) in [5, 5.41) is 9.23. The first kappa shape index (κ1) is 13.5. The highest BCUT2D eigenvalue weighted by Crippen LogP contribution is 2.38. The summed E-state index contributed by atoms with van der Waals surface area (Å²) >= 11 is 0. The molecule has 19 heavy (non-hydrogen) atoms. The number of rotatable bonds is 1. The number of carboxylic acid groups (broad SMARTS) is 1. The molecule has 0 atom stereocenters. The predicted octanol–water partition coefficient (Wildman–Crippen LogP) is 3.51. The SMILES string of the molecule is Cc1cc(C)c2c(c1)c(C(=O)O)c(C(F)(F)F)n2C. The molecule has 0 aliphatic heterocycles. The zero-order chi connectivity index (χ0) is 14.5. The largest absolute Gasteiger partial charge is 0.478 e. The van der Waals surface area contributed by atoms with Crippen molar-refractivity contribution < 1.29 is 23.1 Å². The number of carbonyl (C=O) groups is 1. The van der Waals surface area contributed by atoms with Crippen LogP contribution in [0.3, 0.4) is 0 Å². The minimum absolute atomic E-state index is 0.125. The van der Waals surface area contributed by atoms with E-state index < -0.39 is 23.4 Å². The summed E-state index contributed by atoms with van der Waals surface area (Å²) < 4.78 is 40.1. The summed E-state index contributed by atoms with van der Waals surface area (Å²) in [4.78, 5) is 11.2. The van der Waals surface area contributed by atoms with Gasteiger partial charge in [-0.3, -0.25) is 0 Å². The van der Waals surface area contributed by atoms with Gasteiger partial charge in [-0.05, 0) is 25.5 Å². The number of hydrogen-bond acceptors (Lipinski definition) is 1. The first-order chi connectivity index (χ1) is 8.64. The van der Waals surface area contributed by atoms with Gasteiger partial charge in [-0.1, -0.05) is 11.6 Å². The van der Waals surface area contributed by atoms with E-state index in [-0.39, 0.29) is 5.39 Å². The Balaban J connectivity index is 3.05. The van der Waals surface area contributed by atoms with Crippen molar-refractivity contribution in [3.05, 3.63) is 34.5 Å². The maximum Gasteiger partial charge on any atom is 0.432 e. The number of fused-ring (bicyclic) bond motifs is 1. The molecule has 0 radical (unpaired) electrons. The molecule has 0 aliphatic rings. The van der Waals surface area contributed by atoms with E-state index in [2.05, 4.69) is 0 Å². The molecular formula is C13H12F3NO2. The molecule has 1 aromatic carbocycles. The van der Waals surface area contributed by atoms with E-state index in [4.69, 9.17) is 5.11 Å². The molecule has 102 valence electrons. The van der Waals surface area contributed by atoms with Gasteiger partial charge in [0.25, 0.3) is 0 Å². The highest BCUT2D eigenvalue weighted by molar-refractivity contribution is 6.06. The van der Waals surface area contributed by atoms with Crippen LogP contribution < -0.4 is 0 Å². The smallest absolute Gasteiger partial charge is 0.432 e. The Hall–Kier alpha value is -1.98. The van der Waals surface area contributed by atoms with Crippen LogP contribution in [-0.4, -0.2) is 15.6 Å². The van der Waals surface area contributed by atoms with Crippen molar-refractivity contribution in [3.63, 3.8) is 0 Å². The van der Waals surface area contributed by atoms with Crippen molar-refractivity contribution >= 4 is 16.9 Å². The van der Waals surface area contributed by atoms with Gasteiger partial charge in [-0.25, -0.2) is 4.79 Å². The van der Waals surface area contributed by atoms with Gasteiger partial charge < -0.3 is 9.67 Å². The van der Waals surface area contributed by atoms with Crippen molar-refractivity contribution in [2.24, 2.45) is 7.05 Å². The van der Waals surface area contributed by atoms with Gasteiger partial charge in [0.15, 0.2) is 0 Å². The quantitative estimate of drug-likeness (QED) is 0.862. The number of aryl methyl sites for hydroxylation is 3. The minimum Gasteiger partial charge on any atom is -0.478 e. The molecule has 3 nitrogen and oxygen atoms in total. The number of halogens is 3. The number of aromatic carboxylic acids is 1. The molecule has 0 saturated carbocycles. The second-order valence-electron chi connectivity index (χ2n) is 4.56. The fourth-order valence-corrected chi connectivity index (χ4v) is 2.55. The number of alkyl halides is 3. The molecule has 0 saturated heterocycles. The van der Waals surface area contributed by atoms with Crippen molar-refractivity contribution in [3.8, 4) is 0 Å². The van der Waals surface area contributed by atoms with Gasteiger partial charge >= 0.3 is 12.1 Å². The van der Waals surface area contributed by atoms with Crippen LogP contribution in [-0.2, 0) is 13.2 Å². The normalized spacial score (nSPS) is 12.1. The third-order valence-corrected chi connectivity index (χ3v) is 3.10. The van der Waals surface area contributed by atoms with Crippen LogP contribution in [0.2, 0.25) is 0 Å². The molecular weight excluding hydrogens is 259 g/mol. The molecule has 0 fully saturated rings. The Labute approximate surface area is 107 Å². The fourth-order valence-electron chi connectivity index (χ4n) is 2.55. The molecule has 1 N–H and O–H groups in total. The van der Waals surface area contributed by atoms with Crippen LogP contribution in [0.4, 0.5) is 13.2 Å². The molecule has 0 unspecified atom stereocenters. The highest BCUT2D eigenvalue weighted by atomic mass is 19.4. The van der Waals surface area contributed by atoms with Crippen molar-refractivity contribution in [2.45, 2.75) is 20.0 Å². The Morgan fingerprint density at radius 3 is 2.32 bits per heavy atom. The van der Waals surface area contributed by atoms with E-state index in [9.17, 15) is 18.0 Å². The lowest BCUT2D eigenvalue weighted by molar-refractivity contribution is -0.143. The van der Waals surface area contributed by atoms with E-state index in [1.54, 1.807) is 19.9 Å². The van der Waals surface area contributed by atoms with Crippen LogP contribution in [0.25, 0.3) is 10.9 Å². The van der Waals surface area contributed by atoms with E-state index in [0.717, 1.165) is 10.1 Å². The molecule has 6 heteroatoms. The number of carboxylic acids is 1. The third-order valence-electron chi connectivity index (χ3n) is 3.10. The minimum atomic E-state index is -4.71. The number of nitrogens with zero attached hydrogens (tertiary/aromatic N) is 1. The van der Waals surface area contributed by atoms with Crippen LogP contribution in [0.5, 0.6) is 0 Å². The van der Waals surface area contributed by atoms with E-state index in [1.807, 2.05) is 0 Å². The van der Waals surface area contributed by atoms with Gasteiger partial charge in [-0.15, -0.1) is 0 Å². The van der Waals surface area contributed by atoms with E-state index >= 15 is 0 Å². The number of hydrogen-bond donors (Lipinski definition) is 1. The molecule has 2 rings (SSSR count). The van der Waals surface area contributed by atoms with Crippen molar-refractivity contribution in [2.75, 3.05) is 0 Å². The van der Waals surface area contributed by atoms with E-state index in [1.165, 1.54) is 13.1 Å². The molecule has 1 heterocycles. The lowest BCUT2D eigenvalue weighted by atomic mass is 10.0. The molecule has 0 amide bonds.